The summed E-state index contributed by atoms with van der Waals surface area (Å²) < 4.78 is 0.976. The number of hydrogen-bond acceptors (Lipinski definition) is 2. The molecule has 0 bridgehead atoms. The van der Waals surface area contributed by atoms with Crippen LogP contribution >= 0.6 is 15.9 Å². The van der Waals surface area contributed by atoms with Crippen LogP contribution < -0.4 is 0 Å². The maximum Gasteiger partial charge on any atom is 0.246 e. The van der Waals surface area contributed by atoms with Gasteiger partial charge in [-0.15, -0.1) is 0 Å². The molecular formula is C19H23BrN2O2. The summed E-state index contributed by atoms with van der Waals surface area (Å²) in [6, 6.07) is 7.82. The van der Waals surface area contributed by atoms with E-state index in [1.54, 1.807) is 6.08 Å². The first kappa shape index (κ1) is 17.2. The lowest BCUT2D eigenvalue weighted by Crippen LogP contribution is -2.43. The van der Waals surface area contributed by atoms with Gasteiger partial charge in [-0.25, -0.2) is 0 Å². The molecule has 24 heavy (non-hydrogen) atoms. The monoisotopic (exact) mass is 390 g/mol. The molecule has 2 aliphatic heterocycles. The minimum absolute atomic E-state index is 0.0258. The molecule has 2 aliphatic rings. The first-order valence-corrected chi connectivity index (χ1v) is 9.45. The third-order valence-corrected chi connectivity index (χ3v) is 5.61. The zero-order valence-corrected chi connectivity index (χ0v) is 15.4. The number of nitrogens with zero attached hydrogens (tertiary/aromatic N) is 2. The van der Waals surface area contributed by atoms with Crippen molar-refractivity contribution in [3.63, 3.8) is 0 Å². The number of rotatable bonds is 3. The number of carbonyl (C=O) groups is 2. The van der Waals surface area contributed by atoms with Gasteiger partial charge in [0.2, 0.25) is 11.8 Å². The van der Waals surface area contributed by atoms with Crippen LogP contribution in [0.3, 0.4) is 0 Å². The lowest BCUT2D eigenvalue weighted by molar-refractivity contribution is -0.138. The molecule has 1 aromatic rings. The molecule has 0 saturated carbocycles. The van der Waals surface area contributed by atoms with Crippen LogP contribution in [0.1, 0.15) is 31.2 Å². The fourth-order valence-electron chi connectivity index (χ4n) is 3.42. The van der Waals surface area contributed by atoms with Gasteiger partial charge in [0.25, 0.3) is 0 Å². The average Bonchev–Trinajstić information content (AvgIpc) is 3.15. The number of benzene rings is 1. The van der Waals surface area contributed by atoms with Crippen molar-refractivity contribution < 1.29 is 9.59 Å². The summed E-state index contributed by atoms with van der Waals surface area (Å²) in [5.74, 6) is 0.417. The zero-order chi connectivity index (χ0) is 16.9. The molecule has 0 aliphatic carbocycles. The number of halogens is 1. The average molecular weight is 391 g/mol. The van der Waals surface area contributed by atoms with Crippen LogP contribution in [0.2, 0.25) is 0 Å². The summed E-state index contributed by atoms with van der Waals surface area (Å²) >= 11 is 3.48. The Kier molecular flexibility index (Phi) is 5.72. The van der Waals surface area contributed by atoms with Crippen LogP contribution in [-0.2, 0) is 9.59 Å². The molecule has 0 N–H and O–H groups in total. The van der Waals surface area contributed by atoms with Crippen molar-refractivity contribution in [2.45, 2.75) is 25.7 Å². The summed E-state index contributed by atoms with van der Waals surface area (Å²) in [6.07, 6.45) is 7.29. The third-order valence-electron chi connectivity index (χ3n) is 4.88. The van der Waals surface area contributed by atoms with E-state index in [9.17, 15) is 9.59 Å². The van der Waals surface area contributed by atoms with Crippen LogP contribution in [-0.4, -0.2) is 47.8 Å². The maximum atomic E-state index is 12.4. The first-order chi connectivity index (χ1) is 11.6. The third kappa shape index (κ3) is 4.07. The summed E-state index contributed by atoms with van der Waals surface area (Å²) in [5, 5.41) is 0. The number of likely N-dealkylation sites (tertiary alicyclic amines) is 2. The summed E-state index contributed by atoms with van der Waals surface area (Å²) in [4.78, 5) is 28.6. The molecule has 2 amide bonds. The maximum absolute atomic E-state index is 12.4. The van der Waals surface area contributed by atoms with Crippen molar-refractivity contribution >= 4 is 33.8 Å². The predicted molar refractivity (Wildman–Crippen MR) is 98.3 cm³/mol. The van der Waals surface area contributed by atoms with Gasteiger partial charge < -0.3 is 9.80 Å². The second-order valence-corrected chi connectivity index (χ2v) is 7.34. The molecular weight excluding hydrogens is 368 g/mol. The van der Waals surface area contributed by atoms with Crippen molar-refractivity contribution in [1.29, 1.82) is 0 Å². The Morgan fingerprint density at radius 1 is 1.00 bits per heavy atom. The topological polar surface area (TPSA) is 40.6 Å². The predicted octanol–water partition coefficient (Wildman–Crippen LogP) is 3.32. The molecule has 1 aromatic carbocycles. The normalized spacial score (nSPS) is 19.2. The molecule has 2 saturated heterocycles. The van der Waals surface area contributed by atoms with E-state index in [2.05, 4.69) is 15.9 Å². The molecule has 0 aromatic heterocycles. The first-order valence-electron chi connectivity index (χ1n) is 8.65. The number of carbonyl (C=O) groups excluding carboxylic acids is 2. The molecule has 0 atom stereocenters. The molecule has 128 valence electrons. The molecule has 0 unspecified atom stereocenters. The molecule has 2 heterocycles. The van der Waals surface area contributed by atoms with Gasteiger partial charge in [0, 0.05) is 42.6 Å². The smallest absolute Gasteiger partial charge is 0.246 e. The Morgan fingerprint density at radius 3 is 2.33 bits per heavy atom. The van der Waals surface area contributed by atoms with E-state index in [1.807, 2.05) is 40.1 Å². The Labute approximate surface area is 151 Å². The highest BCUT2D eigenvalue weighted by molar-refractivity contribution is 9.10. The zero-order valence-electron chi connectivity index (χ0n) is 13.8. The highest BCUT2D eigenvalue weighted by Gasteiger charge is 2.30. The molecule has 2 fully saturated rings. The van der Waals surface area contributed by atoms with Crippen molar-refractivity contribution in [1.82, 2.24) is 9.80 Å². The Bertz CT molecular complexity index is 630. The summed E-state index contributed by atoms with van der Waals surface area (Å²) in [5.41, 5.74) is 0.991. The van der Waals surface area contributed by atoms with Crippen molar-refractivity contribution in [2.24, 2.45) is 5.92 Å². The Hall–Kier alpha value is -1.62. The lowest BCUT2D eigenvalue weighted by atomic mass is 9.95. The Morgan fingerprint density at radius 2 is 1.67 bits per heavy atom. The van der Waals surface area contributed by atoms with Gasteiger partial charge in [-0.1, -0.05) is 34.1 Å². The second-order valence-electron chi connectivity index (χ2n) is 6.49. The number of amides is 2. The van der Waals surface area contributed by atoms with Gasteiger partial charge in [-0.2, -0.15) is 0 Å². The van der Waals surface area contributed by atoms with E-state index < -0.39 is 0 Å². The van der Waals surface area contributed by atoms with Crippen LogP contribution in [0, 0.1) is 5.92 Å². The van der Waals surface area contributed by atoms with E-state index >= 15 is 0 Å². The summed E-state index contributed by atoms with van der Waals surface area (Å²) in [6.45, 7) is 3.16. The highest BCUT2D eigenvalue weighted by Crippen LogP contribution is 2.23. The van der Waals surface area contributed by atoms with Crippen LogP contribution in [0.25, 0.3) is 6.08 Å². The largest absolute Gasteiger partial charge is 0.342 e. The fourth-order valence-corrected chi connectivity index (χ4v) is 3.84. The molecule has 0 radical (unpaired) electrons. The lowest BCUT2D eigenvalue weighted by Gasteiger charge is -2.32. The van der Waals surface area contributed by atoms with Gasteiger partial charge in [-0.05, 0) is 43.4 Å². The van der Waals surface area contributed by atoms with Crippen LogP contribution in [0.5, 0.6) is 0 Å². The summed E-state index contributed by atoms with van der Waals surface area (Å²) in [7, 11) is 0. The van der Waals surface area contributed by atoms with Gasteiger partial charge in [0.05, 0.1) is 0 Å². The highest BCUT2D eigenvalue weighted by atomic mass is 79.9. The number of piperidine rings is 1. The van der Waals surface area contributed by atoms with E-state index in [4.69, 9.17) is 0 Å². The molecule has 5 heteroatoms. The van der Waals surface area contributed by atoms with E-state index in [0.717, 1.165) is 48.8 Å². The van der Waals surface area contributed by atoms with Crippen molar-refractivity contribution in [3.8, 4) is 0 Å². The van der Waals surface area contributed by atoms with E-state index in [-0.39, 0.29) is 11.8 Å². The van der Waals surface area contributed by atoms with Crippen molar-refractivity contribution in [2.75, 3.05) is 26.2 Å². The molecule has 4 nitrogen and oxygen atoms in total. The van der Waals surface area contributed by atoms with Gasteiger partial charge in [-0.3, -0.25) is 9.59 Å². The quantitative estimate of drug-likeness (QED) is 0.742. The van der Waals surface area contributed by atoms with Gasteiger partial charge in [0.1, 0.15) is 0 Å². The standard InChI is InChI=1S/C19H23BrN2O2/c20-17-6-2-1-5-15(17)7-8-18(23)21-13-9-16(10-14-21)19(24)22-11-3-4-12-22/h1-2,5-8,16H,3-4,9-14H2/b8-7+. The van der Waals surface area contributed by atoms with E-state index in [1.165, 1.54) is 0 Å². The minimum atomic E-state index is 0.0258. The van der Waals surface area contributed by atoms with Gasteiger partial charge in [0.15, 0.2) is 0 Å². The Balaban J connectivity index is 1.51. The second kappa shape index (κ2) is 7.97. The van der Waals surface area contributed by atoms with E-state index in [0.29, 0.717) is 19.0 Å². The van der Waals surface area contributed by atoms with Crippen LogP contribution in [0.4, 0.5) is 0 Å². The molecule has 3 rings (SSSR count). The van der Waals surface area contributed by atoms with Crippen molar-refractivity contribution in [3.05, 3.63) is 40.4 Å². The fraction of sp³-hybridized carbons (Fsp3) is 0.474. The molecule has 0 spiro atoms. The van der Waals surface area contributed by atoms with Crippen LogP contribution in [0.15, 0.2) is 34.8 Å². The SMILES string of the molecule is O=C(/C=C/c1ccccc1Br)N1CCC(C(=O)N2CCCC2)CC1. The number of hydrogen-bond donors (Lipinski definition) is 0. The van der Waals surface area contributed by atoms with Gasteiger partial charge >= 0.3 is 0 Å². The minimum Gasteiger partial charge on any atom is -0.342 e.